The van der Waals surface area contributed by atoms with Crippen LogP contribution in [0.5, 0.6) is 0 Å². The first-order chi connectivity index (χ1) is 8.08. The molecule has 0 N–H and O–H groups in total. The fraction of sp³-hybridized carbons (Fsp3) is 0.0833. The van der Waals surface area contributed by atoms with Crippen molar-refractivity contribution in [2.45, 2.75) is 10.6 Å². The van der Waals surface area contributed by atoms with Gasteiger partial charge in [-0.25, -0.2) is 8.42 Å². The van der Waals surface area contributed by atoms with Crippen molar-refractivity contribution in [3.63, 3.8) is 0 Å². The summed E-state index contributed by atoms with van der Waals surface area (Å²) in [6, 6.07) is 11.3. The van der Waals surface area contributed by atoms with Crippen molar-refractivity contribution in [1.82, 2.24) is 0 Å². The number of nitrogens with zero attached hydrogens (tertiary/aromatic N) is 1. The molecule has 4 nitrogen and oxygen atoms in total. The van der Waals surface area contributed by atoms with Crippen LogP contribution in [0.4, 0.5) is 0 Å². The molecule has 0 bridgehead atoms. The van der Waals surface area contributed by atoms with Gasteiger partial charge in [-0.15, -0.1) is 0 Å². The van der Waals surface area contributed by atoms with Crippen LogP contribution in [-0.4, -0.2) is 8.42 Å². The lowest BCUT2D eigenvalue weighted by atomic mass is 10.3. The molecule has 2 rings (SSSR count). The van der Waals surface area contributed by atoms with Crippen LogP contribution in [0, 0.1) is 5.21 Å². The van der Waals surface area contributed by atoms with Crippen LogP contribution in [0.2, 0.25) is 0 Å². The van der Waals surface area contributed by atoms with Crippen molar-refractivity contribution < 1.29 is 13.1 Å². The number of sulfone groups is 1. The summed E-state index contributed by atoms with van der Waals surface area (Å²) in [5.41, 5.74) is 0.598. The van der Waals surface area contributed by atoms with Gasteiger partial charge in [-0.2, -0.15) is 4.73 Å². The van der Waals surface area contributed by atoms with Gasteiger partial charge >= 0.3 is 0 Å². The minimum absolute atomic E-state index is 0.0994. The fourth-order valence-corrected chi connectivity index (χ4v) is 2.84. The average Bonchev–Trinajstić information content (AvgIpc) is 2.33. The molecule has 0 radical (unpaired) electrons. The van der Waals surface area contributed by atoms with Gasteiger partial charge in [-0.3, -0.25) is 0 Å². The Bertz CT molecular complexity index is 591. The maximum absolute atomic E-state index is 12.0. The van der Waals surface area contributed by atoms with E-state index in [0.29, 0.717) is 15.2 Å². The van der Waals surface area contributed by atoms with Crippen LogP contribution in [0.25, 0.3) is 0 Å². The van der Waals surface area contributed by atoms with Crippen molar-refractivity contribution in [1.29, 1.82) is 0 Å². The van der Waals surface area contributed by atoms with E-state index in [1.54, 1.807) is 30.3 Å². The summed E-state index contributed by atoms with van der Waals surface area (Å²) in [7, 11) is -3.34. The van der Waals surface area contributed by atoms with E-state index in [1.165, 1.54) is 24.5 Å². The SMILES string of the molecule is O=S(=O)(Cc1cc[n+]([O-])cc1)c1ccccc1. The van der Waals surface area contributed by atoms with Crippen molar-refractivity contribution in [2.75, 3.05) is 0 Å². The Kier molecular flexibility index (Phi) is 3.10. The van der Waals surface area contributed by atoms with E-state index in [1.807, 2.05) is 0 Å². The van der Waals surface area contributed by atoms with Crippen LogP contribution in [0.1, 0.15) is 5.56 Å². The Morgan fingerprint density at radius 1 is 1.00 bits per heavy atom. The molecule has 1 aromatic carbocycles. The molecule has 0 aliphatic carbocycles. The smallest absolute Gasteiger partial charge is 0.182 e. The van der Waals surface area contributed by atoms with E-state index >= 15 is 0 Å². The second-order valence-electron chi connectivity index (χ2n) is 3.64. The topological polar surface area (TPSA) is 61.1 Å². The summed E-state index contributed by atoms with van der Waals surface area (Å²) in [6.07, 6.45) is 2.58. The van der Waals surface area contributed by atoms with Crippen LogP contribution < -0.4 is 4.73 Å². The second kappa shape index (κ2) is 4.55. The Balaban J connectivity index is 2.27. The molecular weight excluding hydrogens is 238 g/mol. The third kappa shape index (κ3) is 2.82. The molecule has 0 atom stereocenters. The highest BCUT2D eigenvalue weighted by atomic mass is 32.2. The Labute approximate surface area is 99.7 Å². The molecule has 0 aliphatic rings. The van der Waals surface area contributed by atoms with Gasteiger partial charge in [-0.1, -0.05) is 18.2 Å². The summed E-state index contributed by atoms with van der Waals surface area (Å²) in [6.45, 7) is 0. The Hall–Kier alpha value is -1.88. The number of hydrogen-bond acceptors (Lipinski definition) is 3. The quantitative estimate of drug-likeness (QED) is 0.608. The lowest BCUT2D eigenvalue weighted by Crippen LogP contribution is -2.24. The first-order valence-corrected chi connectivity index (χ1v) is 6.69. The van der Waals surface area contributed by atoms with Gasteiger partial charge in [0.25, 0.3) is 0 Å². The monoisotopic (exact) mass is 249 g/mol. The van der Waals surface area contributed by atoms with E-state index in [2.05, 4.69) is 0 Å². The lowest BCUT2D eigenvalue weighted by Gasteiger charge is -2.04. The summed E-state index contributed by atoms with van der Waals surface area (Å²) in [4.78, 5) is 0.291. The first kappa shape index (κ1) is 11.6. The molecule has 0 spiro atoms. The normalized spacial score (nSPS) is 11.3. The maximum Gasteiger partial charge on any atom is 0.182 e. The molecule has 0 fully saturated rings. The van der Waals surface area contributed by atoms with Crippen LogP contribution in [0.15, 0.2) is 59.8 Å². The van der Waals surface area contributed by atoms with Gasteiger partial charge in [0, 0.05) is 12.1 Å². The summed E-state index contributed by atoms with van der Waals surface area (Å²) in [5, 5.41) is 10.8. The molecule has 0 saturated carbocycles. The largest absolute Gasteiger partial charge is 0.619 e. The second-order valence-corrected chi connectivity index (χ2v) is 5.63. The number of pyridine rings is 1. The van der Waals surface area contributed by atoms with Crippen LogP contribution >= 0.6 is 0 Å². The minimum Gasteiger partial charge on any atom is -0.619 e. The lowest BCUT2D eigenvalue weighted by molar-refractivity contribution is -0.605. The van der Waals surface area contributed by atoms with Gasteiger partial charge in [0.15, 0.2) is 22.2 Å². The predicted molar refractivity (Wildman–Crippen MR) is 62.7 cm³/mol. The van der Waals surface area contributed by atoms with E-state index in [0.717, 1.165) is 0 Å². The molecule has 5 heteroatoms. The highest BCUT2D eigenvalue weighted by Crippen LogP contribution is 2.14. The standard InChI is InChI=1S/C12H11NO3S/c14-13-8-6-11(7-9-13)10-17(15,16)12-4-2-1-3-5-12/h1-9H,10H2. The third-order valence-corrected chi connectivity index (χ3v) is 4.03. The minimum atomic E-state index is -3.34. The van der Waals surface area contributed by atoms with Crippen molar-refractivity contribution >= 4 is 9.84 Å². The van der Waals surface area contributed by atoms with E-state index in [-0.39, 0.29) is 5.75 Å². The maximum atomic E-state index is 12.0. The number of rotatable bonds is 3. The first-order valence-electron chi connectivity index (χ1n) is 5.03. The predicted octanol–water partition coefficient (Wildman–Crippen LogP) is 1.29. The molecule has 1 heterocycles. The molecule has 0 amide bonds. The molecule has 88 valence electrons. The van der Waals surface area contributed by atoms with Crippen molar-refractivity contribution in [3.05, 3.63) is 65.6 Å². The Morgan fingerprint density at radius 2 is 1.59 bits per heavy atom. The summed E-state index contributed by atoms with van der Waals surface area (Å²) in [5.74, 6) is -0.0994. The van der Waals surface area contributed by atoms with Crippen molar-refractivity contribution in [2.24, 2.45) is 0 Å². The number of hydrogen-bond donors (Lipinski definition) is 0. The average molecular weight is 249 g/mol. The third-order valence-electron chi connectivity index (χ3n) is 2.33. The van der Waals surface area contributed by atoms with Crippen LogP contribution in [-0.2, 0) is 15.6 Å². The van der Waals surface area contributed by atoms with E-state index in [4.69, 9.17) is 0 Å². The van der Waals surface area contributed by atoms with E-state index < -0.39 is 9.84 Å². The van der Waals surface area contributed by atoms with Gasteiger partial charge in [0.2, 0.25) is 0 Å². The molecule has 0 unspecified atom stereocenters. The molecular formula is C12H11NO3S. The summed E-state index contributed by atoms with van der Waals surface area (Å²) >= 11 is 0. The number of aromatic nitrogens is 1. The van der Waals surface area contributed by atoms with Gasteiger partial charge in [0.1, 0.15) is 0 Å². The van der Waals surface area contributed by atoms with Gasteiger partial charge < -0.3 is 5.21 Å². The zero-order valence-corrected chi connectivity index (χ0v) is 9.80. The Morgan fingerprint density at radius 3 is 2.18 bits per heavy atom. The zero-order chi connectivity index (χ0) is 12.3. The van der Waals surface area contributed by atoms with E-state index in [9.17, 15) is 13.6 Å². The highest BCUT2D eigenvalue weighted by Gasteiger charge is 2.14. The molecule has 2 aromatic rings. The molecule has 0 saturated heterocycles. The van der Waals surface area contributed by atoms with Crippen LogP contribution in [0.3, 0.4) is 0 Å². The molecule has 0 aliphatic heterocycles. The zero-order valence-electron chi connectivity index (χ0n) is 8.98. The van der Waals surface area contributed by atoms with Gasteiger partial charge in [0.05, 0.1) is 10.6 Å². The van der Waals surface area contributed by atoms with Gasteiger partial charge in [-0.05, 0) is 17.7 Å². The van der Waals surface area contributed by atoms with Crippen molar-refractivity contribution in [3.8, 4) is 0 Å². The molecule has 1 aromatic heterocycles. The highest BCUT2D eigenvalue weighted by molar-refractivity contribution is 7.90. The summed E-state index contributed by atoms with van der Waals surface area (Å²) < 4.78 is 24.6. The fourth-order valence-electron chi connectivity index (χ4n) is 1.47. The molecule has 17 heavy (non-hydrogen) atoms. The number of benzene rings is 1.